The smallest absolute Gasteiger partial charge is 0.149 e. The van der Waals surface area contributed by atoms with Crippen LogP contribution in [0.5, 0.6) is 11.5 Å². The molecule has 2 N–H and O–H groups in total. The highest BCUT2D eigenvalue weighted by molar-refractivity contribution is 5.33. The van der Waals surface area contributed by atoms with Gasteiger partial charge < -0.3 is 19.7 Å². The molecule has 0 bridgehead atoms. The summed E-state index contributed by atoms with van der Waals surface area (Å²) in [4.78, 5) is 0. The summed E-state index contributed by atoms with van der Waals surface area (Å²) in [6.07, 6.45) is 0. The van der Waals surface area contributed by atoms with Crippen molar-refractivity contribution in [3.63, 3.8) is 0 Å². The lowest BCUT2D eigenvalue weighted by Crippen LogP contribution is -1.97. The predicted molar refractivity (Wildman–Crippen MR) is 67.2 cm³/mol. The van der Waals surface area contributed by atoms with Gasteiger partial charge in [0.15, 0.2) is 0 Å². The lowest BCUT2D eigenvalue weighted by atomic mass is 10.3. The Labute approximate surface area is 106 Å². The Kier molecular flexibility index (Phi) is 6.92. The number of benzene rings is 1. The van der Waals surface area contributed by atoms with E-state index in [1.165, 1.54) is 0 Å². The molecule has 94 valence electrons. The minimum atomic E-state index is -0.171. The molecule has 1 aromatic carbocycles. The van der Waals surface area contributed by atoms with Crippen LogP contribution in [0.25, 0.3) is 0 Å². The highest BCUT2D eigenvalue weighted by Gasteiger charge is 1.96. The molecule has 1 aromatic rings. The fourth-order valence-electron chi connectivity index (χ4n) is 1.11. The van der Waals surface area contributed by atoms with Gasteiger partial charge in [-0.25, -0.2) is 0 Å². The van der Waals surface area contributed by atoms with Crippen LogP contribution in [0.2, 0.25) is 0 Å². The van der Waals surface area contributed by atoms with Gasteiger partial charge in [-0.05, 0) is 12.1 Å². The predicted octanol–water partition coefficient (Wildman–Crippen LogP) is 0.436. The van der Waals surface area contributed by atoms with Crippen LogP contribution in [-0.4, -0.2) is 36.6 Å². The molecule has 0 radical (unpaired) electrons. The van der Waals surface area contributed by atoms with Gasteiger partial charge in [0.2, 0.25) is 0 Å². The second-order valence-corrected chi connectivity index (χ2v) is 3.08. The molecule has 0 saturated carbocycles. The minimum Gasteiger partial charge on any atom is -0.481 e. The molecule has 0 spiro atoms. The molecule has 0 unspecified atom stereocenters. The maximum Gasteiger partial charge on any atom is 0.149 e. The third-order valence-corrected chi connectivity index (χ3v) is 1.84. The lowest BCUT2D eigenvalue weighted by molar-refractivity contribution is 0.343. The molecule has 18 heavy (non-hydrogen) atoms. The fraction of sp³-hybridized carbons (Fsp3) is 0.286. The third-order valence-electron chi connectivity index (χ3n) is 1.84. The molecule has 1 rings (SSSR count). The summed E-state index contributed by atoms with van der Waals surface area (Å²) in [6.45, 7) is 0.0920. The van der Waals surface area contributed by atoms with Gasteiger partial charge in [0.1, 0.15) is 37.9 Å². The first-order valence-electron chi connectivity index (χ1n) is 5.35. The molecule has 0 fully saturated rings. The normalized spacial score (nSPS) is 8.56. The van der Waals surface area contributed by atoms with E-state index in [4.69, 9.17) is 19.7 Å². The van der Waals surface area contributed by atoms with Crippen molar-refractivity contribution in [2.24, 2.45) is 0 Å². The molecule has 0 aliphatic heterocycles. The van der Waals surface area contributed by atoms with Gasteiger partial charge in [-0.3, -0.25) is 0 Å². The maximum absolute atomic E-state index is 8.47. The Balaban J connectivity index is 2.46. The van der Waals surface area contributed by atoms with Crippen LogP contribution in [0, 0.1) is 23.7 Å². The summed E-state index contributed by atoms with van der Waals surface area (Å²) in [5, 5.41) is 16.9. The van der Waals surface area contributed by atoms with Crippen molar-refractivity contribution in [2.75, 3.05) is 26.4 Å². The molecule has 0 aliphatic carbocycles. The molecule has 0 saturated heterocycles. The van der Waals surface area contributed by atoms with Crippen LogP contribution in [0.4, 0.5) is 0 Å². The highest BCUT2D eigenvalue weighted by Crippen LogP contribution is 2.18. The monoisotopic (exact) mass is 246 g/mol. The van der Waals surface area contributed by atoms with Gasteiger partial charge in [-0.1, -0.05) is 29.7 Å². The summed E-state index contributed by atoms with van der Waals surface area (Å²) < 4.78 is 10.7. The molecule has 4 heteroatoms. The quantitative estimate of drug-likeness (QED) is 0.757. The van der Waals surface area contributed by atoms with Crippen molar-refractivity contribution in [2.45, 2.75) is 0 Å². The zero-order chi connectivity index (χ0) is 13.1. The number of hydrogen-bond acceptors (Lipinski definition) is 4. The summed E-state index contributed by atoms with van der Waals surface area (Å²) in [5.41, 5.74) is 0. The van der Waals surface area contributed by atoms with Crippen LogP contribution in [-0.2, 0) is 0 Å². The maximum atomic E-state index is 8.47. The van der Waals surface area contributed by atoms with E-state index in [0.717, 1.165) is 0 Å². The highest BCUT2D eigenvalue weighted by atomic mass is 16.5. The summed E-state index contributed by atoms with van der Waals surface area (Å²) >= 11 is 0. The lowest BCUT2D eigenvalue weighted by Gasteiger charge is -2.05. The van der Waals surface area contributed by atoms with Gasteiger partial charge in [0.05, 0.1) is 0 Å². The van der Waals surface area contributed by atoms with E-state index in [1.54, 1.807) is 24.3 Å². The average Bonchev–Trinajstić information content (AvgIpc) is 2.40. The second-order valence-electron chi connectivity index (χ2n) is 3.08. The number of hydrogen-bond donors (Lipinski definition) is 2. The van der Waals surface area contributed by atoms with Crippen molar-refractivity contribution in [1.82, 2.24) is 0 Å². The molecular formula is C14H14O4. The number of aliphatic hydroxyl groups excluding tert-OH is 2. The largest absolute Gasteiger partial charge is 0.481 e. The Hall–Kier alpha value is -2.14. The van der Waals surface area contributed by atoms with E-state index in [0.29, 0.717) is 11.5 Å². The molecule has 0 aliphatic rings. The SMILES string of the molecule is OCC#CCOc1cccc(OCC#CCO)c1. The van der Waals surface area contributed by atoms with Gasteiger partial charge in [-0.15, -0.1) is 0 Å². The van der Waals surface area contributed by atoms with Crippen molar-refractivity contribution in [3.05, 3.63) is 24.3 Å². The molecule has 0 atom stereocenters. The van der Waals surface area contributed by atoms with Gasteiger partial charge in [0.25, 0.3) is 0 Å². The Morgan fingerprint density at radius 1 is 0.833 bits per heavy atom. The molecular weight excluding hydrogens is 232 g/mol. The van der Waals surface area contributed by atoms with Crippen LogP contribution >= 0.6 is 0 Å². The van der Waals surface area contributed by atoms with Gasteiger partial charge in [0, 0.05) is 6.07 Å². The zero-order valence-electron chi connectivity index (χ0n) is 9.85. The summed E-state index contributed by atoms with van der Waals surface area (Å²) in [6, 6.07) is 7.09. The Morgan fingerprint density at radius 2 is 1.33 bits per heavy atom. The first kappa shape index (κ1) is 13.9. The van der Waals surface area contributed by atoms with E-state index >= 15 is 0 Å². The van der Waals surface area contributed by atoms with Crippen LogP contribution in [0.1, 0.15) is 0 Å². The average molecular weight is 246 g/mol. The number of ether oxygens (including phenoxy) is 2. The standard InChI is InChI=1S/C14H14O4/c15-8-1-3-10-17-13-6-5-7-14(12-13)18-11-4-2-9-16/h5-7,12,15-16H,8-11H2. The third kappa shape index (κ3) is 5.81. The topological polar surface area (TPSA) is 58.9 Å². The first-order valence-corrected chi connectivity index (χ1v) is 5.35. The van der Waals surface area contributed by atoms with E-state index in [-0.39, 0.29) is 26.4 Å². The van der Waals surface area contributed by atoms with E-state index < -0.39 is 0 Å². The van der Waals surface area contributed by atoms with Crippen molar-refractivity contribution in [1.29, 1.82) is 0 Å². The number of rotatable bonds is 4. The molecule has 0 aromatic heterocycles. The molecule has 4 nitrogen and oxygen atoms in total. The van der Waals surface area contributed by atoms with Crippen molar-refractivity contribution >= 4 is 0 Å². The first-order chi connectivity index (χ1) is 8.86. The van der Waals surface area contributed by atoms with E-state index in [2.05, 4.69) is 23.7 Å². The number of aliphatic hydroxyl groups is 2. The van der Waals surface area contributed by atoms with Crippen molar-refractivity contribution in [3.8, 4) is 35.2 Å². The Bertz CT molecular complexity index is 433. The molecule has 0 amide bonds. The fourth-order valence-corrected chi connectivity index (χ4v) is 1.11. The van der Waals surface area contributed by atoms with Crippen molar-refractivity contribution < 1.29 is 19.7 Å². The van der Waals surface area contributed by atoms with Crippen LogP contribution < -0.4 is 9.47 Å². The van der Waals surface area contributed by atoms with Crippen LogP contribution in [0.15, 0.2) is 24.3 Å². The summed E-state index contributed by atoms with van der Waals surface area (Å²) in [7, 11) is 0. The second kappa shape index (κ2) is 8.95. The Morgan fingerprint density at radius 3 is 1.78 bits per heavy atom. The van der Waals surface area contributed by atoms with E-state index in [9.17, 15) is 0 Å². The zero-order valence-corrected chi connectivity index (χ0v) is 9.85. The van der Waals surface area contributed by atoms with E-state index in [1.807, 2.05) is 0 Å². The van der Waals surface area contributed by atoms with Crippen LogP contribution in [0.3, 0.4) is 0 Å². The van der Waals surface area contributed by atoms with Gasteiger partial charge in [-0.2, -0.15) is 0 Å². The summed E-state index contributed by atoms with van der Waals surface area (Å²) in [5.74, 6) is 11.5. The van der Waals surface area contributed by atoms with Gasteiger partial charge >= 0.3 is 0 Å². The molecule has 0 heterocycles. The minimum absolute atomic E-state index is 0.171.